The summed E-state index contributed by atoms with van der Waals surface area (Å²) in [6.07, 6.45) is 0. The molecule has 0 heterocycles. The molecular weight excluding hydrogens is 256 g/mol. The average molecular weight is 272 g/mol. The van der Waals surface area contributed by atoms with Crippen molar-refractivity contribution >= 4 is 17.3 Å². The van der Waals surface area contributed by atoms with E-state index in [0.29, 0.717) is 11.3 Å². The second-order valence-electron chi connectivity index (χ2n) is 4.03. The molecule has 20 heavy (non-hydrogen) atoms. The van der Waals surface area contributed by atoms with E-state index in [9.17, 15) is 4.79 Å². The lowest BCUT2D eigenvalue weighted by Gasteiger charge is -2.11. The van der Waals surface area contributed by atoms with Crippen molar-refractivity contribution in [2.75, 3.05) is 19.5 Å². The Morgan fingerprint density at radius 3 is 2.35 bits per heavy atom. The number of carbonyl (C=O) groups excluding carboxylic acids is 1. The van der Waals surface area contributed by atoms with E-state index < -0.39 is 0 Å². The molecule has 0 bridgehead atoms. The second kappa shape index (κ2) is 6.58. The molecule has 0 saturated carbocycles. The zero-order valence-electron chi connectivity index (χ0n) is 11.3. The van der Waals surface area contributed by atoms with E-state index in [0.717, 1.165) is 11.4 Å². The number of para-hydroxylation sites is 1. The lowest BCUT2D eigenvalue weighted by atomic mass is 10.1. The van der Waals surface area contributed by atoms with Crippen LogP contribution in [-0.2, 0) is 4.84 Å². The van der Waals surface area contributed by atoms with E-state index in [1.807, 2.05) is 36.4 Å². The summed E-state index contributed by atoms with van der Waals surface area (Å²) in [6, 6.07) is 14.7. The summed E-state index contributed by atoms with van der Waals surface area (Å²) in [5.74, 6) is 0.477. The van der Waals surface area contributed by atoms with Gasteiger partial charge in [-0.25, -0.2) is 5.48 Å². The van der Waals surface area contributed by atoms with Gasteiger partial charge in [-0.15, -0.1) is 0 Å². The van der Waals surface area contributed by atoms with Crippen LogP contribution in [0.4, 0.5) is 11.4 Å². The molecule has 0 aliphatic rings. The van der Waals surface area contributed by atoms with Crippen LogP contribution < -0.4 is 15.5 Å². The SMILES string of the molecule is CONC(=O)c1ccccc1Nc1ccc(OC)cc1. The van der Waals surface area contributed by atoms with Crippen LogP contribution in [0.1, 0.15) is 10.4 Å². The summed E-state index contributed by atoms with van der Waals surface area (Å²) in [7, 11) is 3.02. The van der Waals surface area contributed by atoms with Crippen LogP contribution in [-0.4, -0.2) is 20.1 Å². The summed E-state index contributed by atoms with van der Waals surface area (Å²) in [5.41, 5.74) is 4.38. The Morgan fingerprint density at radius 2 is 1.70 bits per heavy atom. The van der Waals surface area contributed by atoms with Crippen molar-refractivity contribution in [1.82, 2.24) is 5.48 Å². The Balaban J connectivity index is 2.21. The zero-order chi connectivity index (χ0) is 14.4. The Labute approximate surface area is 117 Å². The monoisotopic (exact) mass is 272 g/mol. The number of methoxy groups -OCH3 is 1. The van der Waals surface area contributed by atoms with Gasteiger partial charge < -0.3 is 10.1 Å². The van der Waals surface area contributed by atoms with Crippen LogP contribution in [0.5, 0.6) is 5.75 Å². The molecule has 0 aromatic heterocycles. The lowest BCUT2D eigenvalue weighted by molar-refractivity contribution is 0.0538. The van der Waals surface area contributed by atoms with Crippen molar-refractivity contribution in [2.24, 2.45) is 0 Å². The van der Waals surface area contributed by atoms with Crippen molar-refractivity contribution in [1.29, 1.82) is 0 Å². The lowest BCUT2D eigenvalue weighted by Crippen LogP contribution is -2.22. The number of amides is 1. The fraction of sp³-hybridized carbons (Fsp3) is 0.133. The third-order valence-corrected chi connectivity index (χ3v) is 2.74. The number of hydrogen-bond acceptors (Lipinski definition) is 4. The molecular formula is C15H16N2O3. The van der Waals surface area contributed by atoms with Crippen LogP contribution in [0.3, 0.4) is 0 Å². The molecule has 104 valence electrons. The normalized spacial score (nSPS) is 9.90. The maximum absolute atomic E-state index is 11.9. The van der Waals surface area contributed by atoms with E-state index in [4.69, 9.17) is 4.74 Å². The third-order valence-electron chi connectivity index (χ3n) is 2.74. The summed E-state index contributed by atoms with van der Waals surface area (Å²) in [6.45, 7) is 0. The number of ether oxygens (including phenoxy) is 1. The maximum atomic E-state index is 11.9. The molecule has 0 aliphatic heterocycles. The van der Waals surface area contributed by atoms with Gasteiger partial charge in [0.05, 0.1) is 25.5 Å². The zero-order valence-corrected chi connectivity index (χ0v) is 11.3. The quantitative estimate of drug-likeness (QED) is 0.822. The number of hydroxylamine groups is 1. The highest BCUT2D eigenvalue weighted by molar-refractivity contribution is 5.99. The first-order chi connectivity index (χ1) is 9.74. The first kappa shape index (κ1) is 13.9. The topological polar surface area (TPSA) is 59.6 Å². The molecule has 0 atom stereocenters. The smallest absolute Gasteiger partial charge is 0.276 e. The van der Waals surface area contributed by atoms with E-state index in [1.54, 1.807) is 19.2 Å². The van der Waals surface area contributed by atoms with Gasteiger partial charge in [0.1, 0.15) is 5.75 Å². The predicted molar refractivity (Wildman–Crippen MR) is 77.2 cm³/mol. The Morgan fingerprint density at radius 1 is 1.00 bits per heavy atom. The molecule has 5 heteroatoms. The minimum atomic E-state index is -0.302. The number of hydrogen-bond donors (Lipinski definition) is 2. The number of rotatable bonds is 5. The standard InChI is InChI=1S/C15H16N2O3/c1-19-12-9-7-11(8-10-12)16-14-6-4-3-5-13(14)15(18)17-20-2/h3-10,16H,1-2H3,(H,17,18). The van der Waals surface area contributed by atoms with Crippen molar-refractivity contribution in [2.45, 2.75) is 0 Å². The number of benzene rings is 2. The van der Waals surface area contributed by atoms with Crippen molar-refractivity contribution in [3.05, 3.63) is 54.1 Å². The number of nitrogens with one attached hydrogen (secondary N) is 2. The van der Waals surface area contributed by atoms with Gasteiger partial charge in [-0.2, -0.15) is 0 Å². The Kier molecular flexibility index (Phi) is 4.57. The molecule has 2 rings (SSSR count). The highest BCUT2D eigenvalue weighted by atomic mass is 16.6. The highest BCUT2D eigenvalue weighted by Gasteiger charge is 2.10. The minimum absolute atomic E-state index is 0.302. The Bertz CT molecular complexity index is 582. The first-order valence-electron chi connectivity index (χ1n) is 6.08. The van der Waals surface area contributed by atoms with Gasteiger partial charge in [0.25, 0.3) is 5.91 Å². The Hall–Kier alpha value is -2.53. The van der Waals surface area contributed by atoms with Gasteiger partial charge >= 0.3 is 0 Å². The van der Waals surface area contributed by atoms with Crippen LogP contribution in [0.15, 0.2) is 48.5 Å². The van der Waals surface area contributed by atoms with Gasteiger partial charge in [0.2, 0.25) is 0 Å². The highest BCUT2D eigenvalue weighted by Crippen LogP contribution is 2.22. The molecule has 2 aromatic carbocycles. The molecule has 0 saturated heterocycles. The van der Waals surface area contributed by atoms with E-state index in [2.05, 4.69) is 15.6 Å². The average Bonchev–Trinajstić information content (AvgIpc) is 2.49. The van der Waals surface area contributed by atoms with Gasteiger partial charge in [-0.3, -0.25) is 9.63 Å². The summed E-state index contributed by atoms with van der Waals surface area (Å²) in [4.78, 5) is 16.5. The number of anilines is 2. The predicted octanol–water partition coefficient (Wildman–Crippen LogP) is 2.73. The summed E-state index contributed by atoms with van der Waals surface area (Å²) >= 11 is 0. The van der Waals surface area contributed by atoms with Crippen molar-refractivity contribution in [3.63, 3.8) is 0 Å². The maximum Gasteiger partial charge on any atom is 0.276 e. The minimum Gasteiger partial charge on any atom is -0.497 e. The molecule has 0 fully saturated rings. The molecule has 0 spiro atoms. The van der Waals surface area contributed by atoms with Gasteiger partial charge in [0, 0.05) is 5.69 Å². The van der Waals surface area contributed by atoms with Crippen molar-refractivity contribution in [3.8, 4) is 5.75 Å². The van der Waals surface area contributed by atoms with Crippen LogP contribution in [0, 0.1) is 0 Å². The van der Waals surface area contributed by atoms with E-state index >= 15 is 0 Å². The van der Waals surface area contributed by atoms with Crippen molar-refractivity contribution < 1.29 is 14.4 Å². The molecule has 1 amide bonds. The molecule has 0 aliphatic carbocycles. The molecule has 5 nitrogen and oxygen atoms in total. The van der Waals surface area contributed by atoms with Crippen LogP contribution >= 0.6 is 0 Å². The molecule has 2 N–H and O–H groups in total. The third kappa shape index (κ3) is 3.27. The second-order valence-corrected chi connectivity index (χ2v) is 4.03. The van der Waals surface area contributed by atoms with Gasteiger partial charge in [-0.1, -0.05) is 12.1 Å². The van der Waals surface area contributed by atoms with Crippen LogP contribution in [0.25, 0.3) is 0 Å². The fourth-order valence-corrected chi connectivity index (χ4v) is 1.77. The largest absolute Gasteiger partial charge is 0.497 e. The van der Waals surface area contributed by atoms with Gasteiger partial charge in [-0.05, 0) is 36.4 Å². The summed E-state index contributed by atoms with van der Waals surface area (Å²) in [5, 5.41) is 3.19. The number of carbonyl (C=O) groups is 1. The molecule has 0 unspecified atom stereocenters. The first-order valence-corrected chi connectivity index (χ1v) is 6.08. The molecule has 2 aromatic rings. The van der Waals surface area contributed by atoms with Crippen LogP contribution in [0.2, 0.25) is 0 Å². The van der Waals surface area contributed by atoms with E-state index in [-0.39, 0.29) is 5.91 Å². The summed E-state index contributed by atoms with van der Waals surface area (Å²) < 4.78 is 5.10. The molecule has 0 radical (unpaired) electrons. The van der Waals surface area contributed by atoms with E-state index in [1.165, 1.54) is 7.11 Å². The fourth-order valence-electron chi connectivity index (χ4n) is 1.77. The van der Waals surface area contributed by atoms with Gasteiger partial charge in [0.15, 0.2) is 0 Å².